The second-order valence-electron chi connectivity index (χ2n) is 4.29. The summed E-state index contributed by atoms with van der Waals surface area (Å²) in [5.74, 6) is 0.568. The van der Waals surface area contributed by atoms with E-state index in [9.17, 15) is 13.2 Å². The van der Waals surface area contributed by atoms with Crippen molar-refractivity contribution in [2.24, 2.45) is 11.7 Å². The van der Waals surface area contributed by atoms with E-state index in [4.69, 9.17) is 10.5 Å². The molecule has 0 bridgehead atoms. The summed E-state index contributed by atoms with van der Waals surface area (Å²) in [4.78, 5) is 0. The highest BCUT2D eigenvalue weighted by molar-refractivity contribution is 5.28. The van der Waals surface area contributed by atoms with Crippen LogP contribution in [0.1, 0.15) is 5.56 Å². The van der Waals surface area contributed by atoms with Crippen LogP contribution in [-0.4, -0.2) is 33.0 Å². The largest absolute Gasteiger partial charge is 0.497 e. The van der Waals surface area contributed by atoms with Crippen LogP contribution in [0.3, 0.4) is 0 Å². The van der Waals surface area contributed by atoms with Crippen molar-refractivity contribution >= 4 is 0 Å². The third-order valence-corrected chi connectivity index (χ3v) is 2.61. The average molecular weight is 277 g/mol. The molecule has 0 radical (unpaired) electrons. The van der Waals surface area contributed by atoms with Gasteiger partial charge in [-0.2, -0.15) is 13.2 Å². The molecule has 108 valence electrons. The molecule has 0 heterocycles. The van der Waals surface area contributed by atoms with Gasteiger partial charge in [-0.1, -0.05) is 12.1 Å². The predicted octanol–water partition coefficient (Wildman–Crippen LogP) is 2.39. The Balaban J connectivity index is 2.47. The van der Waals surface area contributed by atoms with Gasteiger partial charge in [-0.05, 0) is 36.6 Å². The van der Waals surface area contributed by atoms with Crippen LogP contribution in [-0.2, 0) is 11.2 Å². The van der Waals surface area contributed by atoms with Crippen LogP contribution in [0.4, 0.5) is 13.2 Å². The lowest BCUT2D eigenvalue weighted by Crippen LogP contribution is -2.25. The van der Waals surface area contributed by atoms with Crippen molar-refractivity contribution in [1.82, 2.24) is 0 Å². The number of hydrogen-bond acceptors (Lipinski definition) is 3. The van der Waals surface area contributed by atoms with Crippen molar-refractivity contribution in [1.29, 1.82) is 0 Å². The molecule has 0 aliphatic rings. The number of hydrogen-bond donors (Lipinski definition) is 1. The van der Waals surface area contributed by atoms with E-state index in [2.05, 4.69) is 4.74 Å². The van der Waals surface area contributed by atoms with E-state index >= 15 is 0 Å². The van der Waals surface area contributed by atoms with Crippen molar-refractivity contribution in [2.45, 2.75) is 12.6 Å². The first-order valence-electron chi connectivity index (χ1n) is 5.92. The zero-order valence-corrected chi connectivity index (χ0v) is 10.7. The SMILES string of the molecule is COc1cccc(CC(CN)COCC(F)(F)F)c1. The predicted molar refractivity (Wildman–Crippen MR) is 66.1 cm³/mol. The summed E-state index contributed by atoms with van der Waals surface area (Å²) in [7, 11) is 1.56. The third kappa shape index (κ3) is 6.45. The zero-order chi connectivity index (χ0) is 14.3. The number of methoxy groups -OCH3 is 1. The number of halogens is 3. The second-order valence-corrected chi connectivity index (χ2v) is 4.29. The topological polar surface area (TPSA) is 44.5 Å². The number of rotatable bonds is 7. The Hall–Kier alpha value is -1.27. The Labute approximate surface area is 110 Å². The Bertz CT molecular complexity index is 382. The van der Waals surface area contributed by atoms with Gasteiger partial charge in [0.2, 0.25) is 0 Å². The van der Waals surface area contributed by atoms with Crippen LogP contribution in [0.25, 0.3) is 0 Å². The standard InChI is InChI=1S/C13H18F3NO2/c1-18-12-4-2-3-10(6-12)5-11(7-17)8-19-9-13(14,15)16/h2-4,6,11H,5,7-9,17H2,1H3. The van der Waals surface area contributed by atoms with Crippen molar-refractivity contribution in [3.8, 4) is 5.75 Å². The maximum absolute atomic E-state index is 12.0. The fourth-order valence-corrected chi connectivity index (χ4v) is 1.68. The van der Waals surface area contributed by atoms with E-state index in [0.29, 0.717) is 12.2 Å². The van der Waals surface area contributed by atoms with Crippen LogP contribution < -0.4 is 10.5 Å². The molecule has 1 aromatic carbocycles. The lowest BCUT2D eigenvalue weighted by Gasteiger charge is -2.16. The molecule has 0 aliphatic heterocycles. The van der Waals surface area contributed by atoms with E-state index in [0.717, 1.165) is 5.56 Å². The highest BCUT2D eigenvalue weighted by Crippen LogP contribution is 2.18. The van der Waals surface area contributed by atoms with Crippen molar-refractivity contribution < 1.29 is 22.6 Å². The molecule has 1 rings (SSSR count). The fourth-order valence-electron chi connectivity index (χ4n) is 1.68. The van der Waals surface area contributed by atoms with Crippen LogP contribution in [0, 0.1) is 5.92 Å². The number of ether oxygens (including phenoxy) is 2. The van der Waals surface area contributed by atoms with Gasteiger partial charge in [0.25, 0.3) is 0 Å². The van der Waals surface area contributed by atoms with E-state index in [-0.39, 0.29) is 19.1 Å². The lowest BCUT2D eigenvalue weighted by atomic mass is 10.00. The molecule has 19 heavy (non-hydrogen) atoms. The fraction of sp³-hybridized carbons (Fsp3) is 0.538. The van der Waals surface area contributed by atoms with Crippen molar-refractivity contribution in [2.75, 3.05) is 26.9 Å². The molecule has 3 nitrogen and oxygen atoms in total. The van der Waals surface area contributed by atoms with Crippen LogP contribution >= 0.6 is 0 Å². The van der Waals surface area contributed by atoms with Gasteiger partial charge in [-0.15, -0.1) is 0 Å². The van der Waals surface area contributed by atoms with Gasteiger partial charge < -0.3 is 15.2 Å². The molecule has 1 unspecified atom stereocenters. The molecule has 2 N–H and O–H groups in total. The minimum Gasteiger partial charge on any atom is -0.497 e. The second kappa shape index (κ2) is 7.35. The molecule has 0 aliphatic carbocycles. The minimum atomic E-state index is -4.30. The molecular formula is C13H18F3NO2. The Morgan fingerprint density at radius 2 is 2.05 bits per heavy atom. The smallest absolute Gasteiger partial charge is 0.411 e. The summed E-state index contributed by atoms with van der Waals surface area (Å²) in [6.07, 6.45) is -3.74. The van der Waals surface area contributed by atoms with E-state index in [1.807, 2.05) is 18.2 Å². The molecule has 0 saturated carbocycles. The number of benzene rings is 1. The molecule has 0 amide bonds. The summed E-state index contributed by atoms with van der Waals surface area (Å²) in [5, 5.41) is 0. The first-order chi connectivity index (χ1) is 8.94. The minimum absolute atomic E-state index is 0.00673. The first kappa shape index (κ1) is 15.8. The van der Waals surface area contributed by atoms with Crippen LogP contribution in [0.15, 0.2) is 24.3 Å². The van der Waals surface area contributed by atoms with Gasteiger partial charge in [0.1, 0.15) is 12.4 Å². The Morgan fingerprint density at radius 1 is 1.32 bits per heavy atom. The molecule has 0 aromatic heterocycles. The number of alkyl halides is 3. The summed E-state index contributed by atoms with van der Waals surface area (Å²) in [6.45, 7) is -0.968. The monoisotopic (exact) mass is 277 g/mol. The summed E-state index contributed by atoms with van der Waals surface area (Å²) in [5.41, 5.74) is 6.51. The van der Waals surface area contributed by atoms with Gasteiger partial charge in [-0.25, -0.2) is 0 Å². The molecule has 0 saturated heterocycles. The summed E-state index contributed by atoms with van der Waals surface area (Å²) in [6, 6.07) is 7.36. The average Bonchev–Trinajstić information content (AvgIpc) is 2.36. The molecular weight excluding hydrogens is 259 g/mol. The van der Waals surface area contributed by atoms with Gasteiger partial charge in [0, 0.05) is 0 Å². The van der Waals surface area contributed by atoms with Crippen molar-refractivity contribution in [3.05, 3.63) is 29.8 Å². The Morgan fingerprint density at radius 3 is 2.63 bits per heavy atom. The molecule has 1 atom stereocenters. The maximum Gasteiger partial charge on any atom is 0.411 e. The van der Waals surface area contributed by atoms with Crippen LogP contribution in [0.2, 0.25) is 0 Å². The zero-order valence-electron chi connectivity index (χ0n) is 10.7. The highest BCUT2D eigenvalue weighted by Gasteiger charge is 2.27. The quantitative estimate of drug-likeness (QED) is 0.832. The van der Waals surface area contributed by atoms with Gasteiger partial charge in [-0.3, -0.25) is 0 Å². The first-order valence-corrected chi connectivity index (χ1v) is 5.92. The molecule has 0 fully saturated rings. The third-order valence-electron chi connectivity index (χ3n) is 2.61. The summed E-state index contributed by atoms with van der Waals surface area (Å²) >= 11 is 0. The van der Waals surface area contributed by atoms with Gasteiger partial charge >= 0.3 is 6.18 Å². The van der Waals surface area contributed by atoms with Crippen molar-refractivity contribution in [3.63, 3.8) is 0 Å². The van der Waals surface area contributed by atoms with Crippen LogP contribution in [0.5, 0.6) is 5.75 Å². The molecule has 1 aromatic rings. The number of nitrogens with two attached hydrogens (primary N) is 1. The van der Waals surface area contributed by atoms with Gasteiger partial charge in [0.15, 0.2) is 0 Å². The van der Waals surface area contributed by atoms with E-state index in [1.54, 1.807) is 13.2 Å². The van der Waals surface area contributed by atoms with Gasteiger partial charge in [0.05, 0.1) is 13.7 Å². The molecule has 6 heteroatoms. The Kier molecular flexibility index (Phi) is 6.11. The summed E-state index contributed by atoms with van der Waals surface area (Å²) < 4.78 is 45.6. The maximum atomic E-state index is 12.0. The molecule has 0 spiro atoms. The van der Waals surface area contributed by atoms with E-state index in [1.165, 1.54) is 0 Å². The highest BCUT2D eigenvalue weighted by atomic mass is 19.4. The normalized spacial score (nSPS) is 13.3. The van der Waals surface area contributed by atoms with E-state index < -0.39 is 12.8 Å². The lowest BCUT2D eigenvalue weighted by molar-refractivity contribution is -0.176.